The third kappa shape index (κ3) is 2.22. The molecule has 1 unspecified atom stereocenters. The van der Waals surface area contributed by atoms with E-state index in [1.165, 1.54) is 15.3 Å². The maximum absolute atomic E-state index is 6.13. The summed E-state index contributed by atoms with van der Waals surface area (Å²) in [7, 11) is 0. The minimum atomic E-state index is 0.194. The van der Waals surface area contributed by atoms with Gasteiger partial charge in [0.25, 0.3) is 0 Å². The predicted octanol–water partition coefficient (Wildman–Crippen LogP) is 5.64. The van der Waals surface area contributed by atoms with Crippen molar-refractivity contribution < 1.29 is 0 Å². The van der Waals surface area contributed by atoms with Crippen molar-refractivity contribution in [3.63, 3.8) is 0 Å². The van der Waals surface area contributed by atoms with Crippen LogP contribution in [0.2, 0.25) is 5.02 Å². The number of imidazole rings is 1. The monoisotopic (exact) mass is 322 g/mol. The summed E-state index contributed by atoms with van der Waals surface area (Å²) < 4.78 is 2.88. The number of hydrogen-bond donors (Lipinski definition) is 1. The second kappa shape index (κ2) is 5.02. The van der Waals surface area contributed by atoms with Crippen LogP contribution in [0.15, 0.2) is 24.3 Å². The van der Waals surface area contributed by atoms with Crippen LogP contribution in [0, 0.1) is 18.6 Å². The SMILES string of the molecule is Cc1cc(C(C)n2c(=S)[nH]c3ccc(Cl)cc32)c(C)s1. The molecule has 1 atom stereocenters. The molecule has 0 spiro atoms. The van der Waals surface area contributed by atoms with Crippen molar-refractivity contribution in [2.45, 2.75) is 26.8 Å². The fourth-order valence-corrected chi connectivity index (χ4v) is 4.23. The highest BCUT2D eigenvalue weighted by molar-refractivity contribution is 7.71. The largest absolute Gasteiger partial charge is 0.331 e. The van der Waals surface area contributed by atoms with E-state index in [1.54, 1.807) is 0 Å². The number of nitrogens with zero attached hydrogens (tertiary/aromatic N) is 1. The molecule has 1 aromatic carbocycles. The molecule has 0 aliphatic rings. The molecule has 0 saturated carbocycles. The van der Waals surface area contributed by atoms with Gasteiger partial charge in [-0.25, -0.2) is 0 Å². The van der Waals surface area contributed by atoms with Gasteiger partial charge in [0.2, 0.25) is 0 Å². The van der Waals surface area contributed by atoms with E-state index in [1.807, 2.05) is 29.5 Å². The number of hydrogen-bond acceptors (Lipinski definition) is 2. The fourth-order valence-electron chi connectivity index (χ4n) is 2.68. The molecule has 20 heavy (non-hydrogen) atoms. The minimum Gasteiger partial charge on any atom is -0.331 e. The Hall–Kier alpha value is -1.10. The van der Waals surface area contributed by atoms with Gasteiger partial charge in [0, 0.05) is 14.8 Å². The molecule has 0 aliphatic heterocycles. The van der Waals surface area contributed by atoms with Crippen LogP contribution in [0.5, 0.6) is 0 Å². The summed E-state index contributed by atoms with van der Waals surface area (Å²) in [5.74, 6) is 0. The van der Waals surface area contributed by atoms with Crippen LogP contribution in [0.1, 0.15) is 28.3 Å². The highest BCUT2D eigenvalue weighted by Crippen LogP contribution is 2.31. The topological polar surface area (TPSA) is 20.7 Å². The second-order valence-electron chi connectivity index (χ2n) is 5.01. The molecule has 2 nitrogen and oxygen atoms in total. The van der Waals surface area contributed by atoms with E-state index in [0.29, 0.717) is 0 Å². The average Bonchev–Trinajstić information content (AvgIpc) is 2.87. The Balaban J connectivity index is 2.23. The summed E-state index contributed by atoms with van der Waals surface area (Å²) in [5.41, 5.74) is 3.40. The lowest BCUT2D eigenvalue weighted by Crippen LogP contribution is -2.06. The van der Waals surface area contributed by atoms with Crippen molar-refractivity contribution in [1.82, 2.24) is 9.55 Å². The van der Waals surface area contributed by atoms with Gasteiger partial charge in [0.15, 0.2) is 4.77 Å². The number of aryl methyl sites for hydroxylation is 2. The summed E-state index contributed by atoms with van der Waals surface area (Å²) in [6, 6.07) is 8.26. The summed E-state index contributed by atoms with van der Waals surface area (Å²) in [6.45, 7) is 6.48. The van der Waals surface area contributed by atoms with Gasteiger partial charge in [-0.05, 0) is 62.8 Å². The molecule has 2 heterocycles. The van der Waals surface area contributed by atoms with Gasteiger partial charge in [0.05, 0.1) is 17.1 Å². The van der Waals surface area contributed by atoms with Crippen molar-refractivity contribution in [2.75, 3.05) is 0 Å². The molecule has 2 aromatic heterocycles. The smallest absolute Gasteiger partial charge is 0.178 e. The van der Waals surface area contributed by atoms with Crippen LogP contribution in [0.3, 0.4) is 0 Å². The van der Waals surface area contributed by atoms with Crippen LogP contribution >= 0.6 is 35.2 Å². The van der Waals surface area contributed by atoms with Crippen LogP contribution in [-0.2, 0) is 0 Å². The molecule has 0 saturated heterocycles. The van der Waals surface area contributed by atoms with Crippen molar-refractivity contribution in [3.8, 4) is 0 Å². The number of benzene rings is 1. The Bertz CT molecular complexity index is 841. The lowest BCUT2D eigenvalue weighted by atomic mass is 10.1. The first kappa shape index (κ1) is 13.9. The van der Waals surface area contributed by atoms with E-state index in [4.69, 9.17) is 23.8 Å². The number of halogens is 1. The zero-order valence-electron chi connectivity index (χ0n) is 11.5. The van der Waals surface area contributed by atoms with Gasteiger partial charge in [0.1, 0.15) is 0 Å². The van der Waals surface area contributed by atoms with Crippen molar-refractivity contribution in [1.29, 1.82) is 0 Å². The fraction of sp³-hybridized carbons (Fsp3) is 0.267. The van der Waals surface area contributed by atoms with Gasteiger partial charge in [-0.2, -0.15) is 0 Å². The standard InChI is InChI=1S/C15H15ClN2S2/c1-8-6-12(10(3)20-8)9(2)18-14-7-11(16)4-5-13(14)17-15(18)19/h4-7,9H,1-3H3,(H,17,19). The van der Waals surface area contributed by atoms with E-state index >= 15 is 0 Å². The minimum absolute atomic E-state index is 0.194. The molecule has 104 valence electrons. The number of aromatic amines is 1. The highest BCUT2D eigenvalue weighted by Gasteiger charge is 2.16. The molecule has 0 amide bonds. The van der Waals surface area contributed by atoms with Gasteiger partial charge in [-0.15, -0.1) is 11.3 Å². The second-order valence-corrected chi connectivity index (χ2v) is 7.29. The van der Waals surface area contributed by atoms with Gasteiger partial charge >= 0.3 is 0 Å². The molecule has 5 heteroatoms. The number of aromatic nitrogens is 2. The molecular formula is C15H15ClN2S2. The molecule has 3 aromatic rings. The predicted molar refractivity (Wildman–Crippen MR) is 89.7 cm³/mol. The maximum Gasteiger partial charge on any atom is 0.178 e. The third-order valence-electron chi connectivity index (χ3n) is 3.60. The Kier molecular flexibility index (Phi) is 3.48. The lowest BCUT2D eigenvalue weighted by Gasteiger charge is -2.15. The summed E-state index contributed by atoms with van der Waals surface area (Å²) in [6.07, 6.45) is 0. The summed E-state index contributed by atoms with van der Waals surface area (Å²) >= 11 is 13.4. The van der Waals surface area contributed by atoms with Crippen molar-refractivity contribution >= 4 is 46.2 Å². The number of rotatable bonds is 2. The number of thiophene rings is 1. The number of fused-ring (bicyclic) bond motifs is 1. The van der Waals surface area contributed by atoms with Crippen LogP contribution in [0.4, 0.5) is 0 Å². The Morgan fingerprint density at radius 3 is 2.70 bits per heavy atom. The van der Waals surface area contributed by atoms with Gasteiger partial charge < -0.3 is 9.55 Å². The number of H-pyrrole nitrogens is 1. The maximum atomic E-state index is 6.13. The first-order valence-corrected chi connectivity index (χ1v) is 8.04. The summed E-state index contributed by atoms with van der Waals surface area (Å²) in [4.78, 5) is 5.92. The Morgan fingerprint density at radius 2 is 2.05 bits per heavy atom. The Morgan fingerprint density at radius 1 is 1.30 bits per heavy atom. The first-order valence-electron chi connectivity index (χ1n) is 6.44. The van der Waals surface area contributed by atoms with E-state index in [-0.39, 0.29) is 6.04 Å². The van der Waals surface area contributed by atoms with Gasteiger partial charge in [-0.3, -0.25) is 0 Å². The van der Waals surface area contributed by atoms with E-state index in [9.17, 15) is 0 Å². The molecule has 0 radical (unpaired) electrons. The van der Waals surface area contributed by atoms with Crippen LogP contribution < -0.4 is 0 Å². The highest BCUT2D eigenvalue weighted by atomic mass is 35.5. The quantitative estimate of drug-likeness (QED) is 0.605. The van der Waals surface area contributed by atoms with Crippen molar-refractivity contribution in [2.24, 2.45) is 0 Å². The van der Waals surface area contributed by atoms with E-state index < -0.39 is 0 Å². The zero-order valence-corrected chi connectivity index (χ0v) is 13.9. The van der Waals surface area contributed by atoms with Crippen LogP contribution in [-0.4, -0.2) is 9.55 Å². The zero-order chi connectivity index (χ0) is 14.4. The molecule has 0 bridgehead atoms. The Labute approximate surface area is 132 Å². The molecule has 3 rings (SSSR count). The number of nitrogens with one attached hydrogen (secondary N) is 1. The lowest BCUT2D eigenvalue weighted by molar-refractivity contribution is 0.648. The molecule has 0 fully saturated rings. The molecule has 0 aliphatic carbocycles. The van der Waals surface area contributed by atoms with Crippen LogP contribution in [0.25, 0.3) is 11.0 Å². The van der Waals surface area contributed by atoms with Gasteiger partial charge in [-0.1, -0.05) is 11.6 Å². The third-order valence-corrected chi connectivity index (χ3v) is 5.11. The molecular weight excluding hydrogens is 308 g/mol. The molecule has 1 N–H and O–H groups in total. The first-order chi connectivity index (χ1) is 9.47. The summed E-state index contributed by atoms with van der Waals surface area (Å²) in [5, 5.41) is 0.727. The van der Waals surface area contributed by atoms with E-state index in [2.05, 4.69) is 36.4 Å². The van der Waals surface area contributed by atoms with E-state index in [0.717, 1.165) is 20.8 Å². The average molecular weight is 323 g/mol. The van der Waals surface area contributed by atoms with Crippen molar-refractivity contribution in [3.05, 3.63) is 49.4 Å². The normalized spacial score (nSPS) is 13.0.